The number of aliphatic hydroxyl groups is 1. The van der Waals surface area contributed by atoms with Gasteiger partial charge in [-0.25, -0.2) is 8.42 Å². The largest absolute Gasteiger partial charge is 0.394 e. The smallest absolute Gasteiger partial charge is 0.265 e. The lowest BCUT2D eigenvalue weighted by Gasteiger charge is -2.08. The number of aryl methyl sites for hydroxylation is 1. The van der Waals surface area contributed by atoms with E-state index in [1.807, 2.05) is 0 Å². The minimum Gasteiger partial charge on any atom is -0.394 e. The fourth-order valence-electron chi connectivity index (χ4n) is 1.50. The number of sulfonamides is 1. The van der Waals surface area contributed by atoms with E-state index in [9.17, 15) is 8.42 Å². The van der Waals surface area contributed by atoms with Crippen molar-refractivity contribution >= 4 is 15.7 Å². The summed E-state index contributed by atoms with van der Waals surface area (Å²) in [4.78, 5) is 3.95. The van der Waals surface area contributed by atoms with E-state index in [4.69, 9.17) is 5.11 Å². The van der Waals surface area contributed by atoms with Gasteiger partial charge < -0.3 is 5.11 Å². The summed E-state index contributed by atoms with van der Waals surface area (Å²) >= 11 is 0. The van der Waals surface area contributed by atoms with E-state index in [0.29, 0.717) is 5.69 Å². The third-order valence-electron chi connectivity index (χ3n) is 2.51. The predicted octanol–water partition coefficient (Wildman–Crippen LogP) is 0.380. The van der Waals surface area contributed by atoms with Crippen LogP contribution in [0.3, 0.4) is 0 Å². The maximum absolute atomic E-state index is 12.1. The van der Waals surface area contributed by atoms with E-state index in [-0.39, 0.29) is 18.0 Å². The lowest BCUT2D eigenvalue weighted by molar-refractivity contribution is 0.269. The Bertz CT molecular complexity index is 666. The number of nitrogens with zero attached hydrogens (tertiary/aromatic N) is 3. The van der Waals surface area contributed by atoms with E-state index < -0.39 is 10.0 Å². The predicted molar refractivity (Wildman–Crippen MR) is 69.1 cm³/mol. The highest BCUT2D eigenvalue weighted by Gasteiger charge is 2.17. The molecular weight excluding hydrogens is 268 g/mol. The average Bonchev–Trinajstić information content (AvgIpc) is 2.82. The van der Waals surface area contributed by atoms with Crippen molar-refractivity contribution in [3.63, 3.8) is 0 Å². The molecule has 0 aliphatic rings. The molecule has 2 N–H and O–H groups in total. The van der Waals surface area contributed by atoms with Gasteiger partial charge in [0, 0.05) is 18.6 Å². The van der Waals surface area contributed by atoms with Crippen molar-refractivity contribution < 1.29 is 13.5 Å². The van der Waals surface area contributed by atoms with Crippen LogP contribution in [0.15, 0.2) is 35.7 Å². The first-order valence-corrected chi connectivity index (χ1v) is 7.08. The molecule has 0 radical (unpaired) electrons. The Kier molecular flexibility index (Phi) is 3.82. The molecule has 8 heteroatoms. The normalized spacial score (nSPS) is 11.5. The van der Waals surface area contributed by atoms with Crippen molar-refractivity contribution in [3.05, 3.63) is 36.4 Å². The Morgan fingerprint density at radius 1 is 1.42 bits per heavy atom. The second-order valence-corrected chi connectivity index (χ2v) is 5.64. The highest BCUT2D eigenvalue weighted by molar-refractivity contribution is 7.92. The molecule has 0 aromatic carbocycles. The zero-order valence-electron chi connectivity index (χ0n) is 10.3. The van der Waals surface area contributed by atoms with E-state index in [2.05, 4.69) is 14.8 Å². The summed E-state index contributed by atoms with van der Waals surface area (Å²) in [5, 5.41) is 12.6. The molecule has 0 spiro atoms. The van der Waals surface area contributed by atoms with Crippen LogP contribution >= 0.6 is 0 Å². The van der Waals surface area contributed by atoms with Crippen LogP contribution in [0, 0.1) is 6.92 Å². The molecule has 2 rings (SSSR count). The Morgan fingerprint density at radius 3 is 2.89 bits per heavy atom. The maximum atomic E-state index is 12.1. The Hall–Kier alpha value is -1.93. The molecule has 2 heterocycles. The van der Waals surface area contributed by atoms with Gasteiger partial charge in [0.25, 0.3) is 10.0 Å². The van der Waals surface area contributed by atoms with Gasteiger partial charge >= 0.3 is 0 Å². The van der Waals surface area contributed by atoms with Crippen molar-refractivity contribution in [1.82, 2.24) is 14.8 Å². The van der Waals surface area contributed by atoms with Gasteiger partial charge in [-0.05, 0) is 18.6 Å². The second-order valence-electron chi connectivity index (χ2n) is 3.96. The van der Waals surface area contributed by atoms with Gasteiger partial charge in [0.1, 0.15) is 4.90 Å². The van der Waals surface area contributed by atoms with Crippen LogP contribution in [0.1, 0.15) is 5.56 Å². The van der Waals surface area contributed by atoms with Crippen LogP contribution in [0.5, 0.6) is 0 Å². The number of aromatic nitrogens is 3. The van der Waals surface area contributed by atoms with Crippen LogP contribution in [0.25, 0.3) is 0 Å². The number of hydrogen-bond donors (Lipinski definition) is 2. The van der Waals surface area contributed by atoms with Crippen LogP contribution in [0.2, 0.25) is 0 Å². The summed E-state index contributed by atoms with van der Waals surface area (Å²) < 4.78 is 28.1. The van der Waals surface area contributed by atoms with Gasteiger partial charge in [0.2, 0.25) is 0 Å². The van der Waals surface area contributed by atoms with Crippen LogP contribution in [0.4, 0.5) is 5.69 Å². The van der Waals surface area contributed by atoms with Gasteiger partial charge in [0.05, 0.1) is 25.0 Å². The summed E-state index contributed by atoms with van der Waals surface area (Å²) in [6.07, 6.45) is 5.71. The third kappa shape index (κ3) is 3.09. The fraction of sp³-hybridized carbons (Fsp3) is 0.273. The zero-order chi connectivity index (χ0) is 13.9. The summed E-state index contributed by atoms with van der Waals surface area (Å²) in [6.45, 7) is 1.92. The number of hydrogen-bond acceptors (Lipinski definition) is 5. The number of nitrogens with one attached hydrogen (secondary N) is 1. The summed E-state index contributed by atoms with van der Waals surface area (Å²) in [5.41, 5.74) is 1.21. The topological polar surface area (TPSA) is 97.1 Å². The molecule has 0 unspecified atom stereocenters. The average molecular weight is 282 g/mol. The minimum absolute atomic E-state index is 0.0529. The zero-order valence-corrected chi connectivity index (χ0v) is 11.1. The molecule has 0 fully saturated rings. The molecular formula is C11H14N4O3S. The molecule has 0 saturated heterocycles. The van der Waals surface area contributed by atoms with E-state index >= 15 is 0 Å². The molecule has 2 aromatic rings. The third-order valence-corrected chi connectivity index (χ3v) is 3.83. The maximum Gasteiger partial charge on any atom is 0.265 e. The molecule has 7 nitrogen and oxygen atoms in total. The van der Waals surface area contributed by atoms with Gasteiger partial charge in [-0.3, -0.25) is 14.4 Å². The van der Waals surface area contributed by atoms with Gasteiger partial charge in [-0.1, -0.05) is 0 Å². The fourth-order valence-corrected chi connectivity index (χ4v) is 2.58. The quantitative estimate of drug-likeness (QED) is 0.826. The van der Waals surface area contributed by atoms with Crippen molar-refractivity contribution in [3.8, 4) is 0 Å². The van der Waals surface area contributed by atoms with Gasteiger partial charge in [-0.15, -0.1) is 0 Å². The van der Waals surface area contributed by atoms with E-state index in [1.165, 1.54) is 23.3 Å². The first kappa shape index (κ1) is 13.5. The Labute approximate surface area is 111 Å². The summed E-state index contributed by atoms with van der Waals surface area (Å²) in [5.74, 6) is 0. The standard InChI is InChI=1S/C11H14N4O3S/c1-9-6-12-3-2-11(9)14-19(17,18)10-7-13-15(8-10)4-5-16/h2-3,6-8,16H,4-5H2,1H3,(H,12,14). The van der Waals surface area contributed by atoms with Crippen molar-refractivity contribution in [2.45, 2.75) is 18.4 Å². The van der Waals surface area contributed by atoms with Gasteiger partial charge in [-0.2, -0.15) is 5.10 Å². The second kappa shape index (κ2) is 5.37. The Balaban J connectivity index is 2.25. The number of anilines is 1. The lowest BCUT2D eigenvalue weighted by Crippen LogP contribution is -2.13. The molecule has 2 aromatic heterocycles. The number of pyridine rings is 1. The van der Waals surface area contributed by atoms with Gasteiger partial charge in [0.15, 0.2) is 0 Å². The highest BCUT2D eigenvalue weighted by Crippen LogP contribution is 2.17. The van der Waals surface area contributed by atoms with Crippen LogP contribution < -0.4 is 4.72 Å². The molecule has 0 atom stereocenters. The molecule has 0 bridgehead atoms. The monoisotopic (exact) mass is 282 g/mol. The molecule has 0 amide bonds. The number of aliphatic hydroxyl groups excluding tert-OH is 1. The number of rotatable bonds is 5. The molecule has 102 valence electrons. The van der Waals surface area contributed by atoms with Crippen LogP contribution in [-0.2, 0) is 16.6 Å². The molecule has 0 aliphatic carbocycles. The minimum atomic E-state index is -3.68. The van der Waals surface area contributed by atoms with Crippen LogP contribution in [-0.4, -0.2) is 34.9 Å². The Morgan fingerprint density at radius 2 is 2.21 bits per heavy atom. The van der Waals surface area contributed by atoms with Crippen molar-refractivity contribution in [2.75, 3.05) is 11.3 Å². The van der Waals surface area contributed by atoms with E-state index in [0.717, 1.165) is 5.56 Å². The molecule has 19 heavy (non-hydrogen) atoms. The first-order chi connectivity index (χ1) is 9.03. The summed E-state index contributed by atoms with van der Waals surface area (Å²) in [7, 11) is -3.68. The molecule has 0 aliphatic heterocycles. The van der Waals surface area contributed by atoms with Crippen molar-refractivity contribution in [1.29, 1.82) is 0 Å². The highest BCUT2D eigenvalue weighted by atomic mass is 32.2. The van der Waals surface area contributed by atoms with E-state index in [1.54, 1.807) is 19.2 Å². The summed E-state index contributed by atoms with van der Waals surface area (Å²) in [6, 6.07) is 1.59. The first-order valence-electron chi connectivity index (χ1n) is 5.59. The molecule has 0 saturated carbocycles. The SMILES string of the molecule is Cc1cnccc1NS(=O)(=O)c1cnn(CCO)c1. The van der Waals surface area contributed by atoms with Crippen molar-refractivity contribution in [2.24, 2.45) is 0 Å². The lowest BCUT2D eigenvalue weighted by atomic mass is 10.3.